The molecule has 11 aliphatic rings. The van der Waals surface area contributed by atoms with Gasteiger partial charge in [-0.3, -0.25) is 19.2 Å². The van der Waals surface area contributed by atoms with Crippen LogP contribution in [-0.2, 0) is 90.2 Å². The Hall–Kier alpha value is -3.58. The van der Waals surface area contributed by atoms with Crippen molar-refractivity contribution in [3.05, 3.63) is 11.6 Å². The molecule has 3 unspecified atom stereocenters. The predicted octanol–water partition coefficient (Wildman–Crippen LogP) is -4.79. The number of carbonyl (C=O) groups is 4. The van der Waals surface area contributed by atoms with Crippen LogP contribution in [0.15, 0.2) is 11.6 Å². The van der Waals surface area contributed by atoms with Gasteiger partial charge in [-0.1, -0.05) is 53.2 Å². The zero-order chi connectivity index (χ0) is 84.7. The number of rotatable bonds is 24. The molecule has 0 aromatic carbocycles. The molecule has 0 amide bonds. The Bertz CT molecular complexity index is 3350. The van der Waals surface area contributed by atoms with E-state index in [0.717, 1.165) is 5.57 Å². The van der Waals surface area contributed by atoms with E-state index in [1.54, 1.807) is 6.92 Å². The third-order valence-electron chi connectivity index (χ3n) is 27.5. The highest BCUT2D eigenvalue weighted by atomic mass is 16.8. The largest absolute Gasteiger partial charge is 0.462 e. The molecule has 10 fully saturated rings. The van der Waals surface area contributed by atoms with Gasteiger partial charge in [-0.25, -0.2) is 0 Å². The van der Waals surface area contributed by atoms with Gasteiger partial charge in [0.15, 0.2) is 43.7 Å². The second-order valence-corrected chi connectivity index (χ2v) is 36.0. The zero-order valence-electron chi connectivity index (χ0n) is 66.9. The van der Waals surface area contributed by atoms with Crippen molar-refractivity contribution < 1.29 is 187 Å². The monoisotopic (exact) mass is 1660 g/mol. The number of aliphatic hydroxyl groups excluding tert-OH is 19. The second-order valence-electron chi connectivity index (χ2n) is 36.0. The molecule has 0 spiro atoms. The van der Waals surface area contributed by atoms with Crippen molar-refractivity contribution in [2.45, 2.75) is 368 Å². The topological polar surface area (TPSA) is 591 Å². The minimum atomic E-state index is -2.15. The van der Waals surface area contributed by atoms with Gasteiger partial charge in [-0.05, 0) is 132 Å². The Morgan fingerprint density at radius 1 is 0.478 bits per heavy atom. The van der Waals surface area contributed by atoms with Crippen LogP contribution in [0.1, 0.15) is 154 Å². The summed E-state index contributed by atoms with van der Waals surface area (Å²) in [6.45, 7) is 17.7. The summed E-state index contributed by atoms with van der Waals surface area (Å²) >= 11 is 0. The van der Waals surface area contributed by atoms with Gasteiger partial charge in [0.25, 0.3) is 0 Å². The van der Waals surface area contributed by atoms with Crippen LogP contribution >= 0.6 is 0 Å². The van der Waals surface area contributed by atoms with E-state index in [1.807, 2.05) is 0 Å². The van der Waals surface area contributed by atoms with Crippen molar-refractivity contribution in [2.75, 3.05) is 26.4 Å². The molecule has 660 valence electrons. The Balaban J connectivity index is 0.837. The highest BCUT2D eigenvalue weighted by molar-refractivity contribution is 5.80. The summed E-state index contributed by atoms with van der Waals surface area (Å²) < 4.78 is 88.8. The third kappa shape index (κ3) is 17.5. The molecule has 38 heteroatoms. The highest BCUT2D eigenvalue weighted by Gasteiger charge is 2.74. The van der Waals surface area contributed by atoms with Crippen LogP contribution in [0.3, 0.4) is 0 Å². The highest BCUT2D eigenvalue weighted by Crippen LogP contribution is 2.76. The normalized spacial score (nSPS) is 50.0. The summed E-state index contributed by atoms with van der Waals surface area (Å²) in [6, 6.07) is 0. The van der Waals surface area contributed by atoms with Gasteiger partial charge in [-0.2, -0.15) is 0 Å². The fourth-order valence-corrected chi connectivity index (χ4v) is 21.0. The molecule has 0 bridgehead atoms. The van der Waals surface area contributed by atoms with E-state index >= 15 is 4.79 Å². The van der Waals surface area contributed by atoms with Gasteiger partial charge in [0.1, 0.15) is 127 Å². The van der Waals surface area contributed by atoms with Crippen molar-refractivity contribution in [1.82, 2.24) is 0 Å². The molecule has 11 rings (SSSR count). The molecule has 6 heterocycles. The van der Waals surface area contributed by atoms with E-state index in [2.05, 4.69) is 40.7 Å². The average Bonchev–Trinajstić information content (AvgIpc) is 0.667. The van der Waals surface area contributed by atoms with Crippen LogP contribution < -0.4 is 0 Å². The van der Waals surface area contributed by atoms with Crippen LogP contribution in [0, 0.1) is 50.2 Å². The molecule has 6 aliphatic heterocycles. The molecule has 19 N–H and O–H groups in total. The first kappa shape index (κ1) is 92.1. The number of carbonyl (C=O) groups excluding carboxylic acids is 4. The number of hydrogen-bond acceptors (Lipinski definition) is 38. The summed E-state index contributed by atoms with van der Waals surface area (Å²) in [5, 5.41) is 213. The molecule has 43 atom stereocenters. The van der Waals surface area contributed by atoms with Crippen LogP contribution in [0.5, 0.6) is 0 Å². The minimum Gasteiger partial charge on any atom is -0.462 e. The smallest absolute Gasteiger partial charge is 0.317 e. The molecule has 38 nitrogen and oxygen atoms in total. The van der Waals surface area contributed by atoms with E-state index in [9.17, 15) is 111 Å². The molecule has 115 heavy (non-hydrogen) atoms. The maximum absolute atomic E-state index is 16.1. The van der Waals surface area contributed by atoms with Crippen LogP contribution in [0.4, 0.5) is 0 Å². The van der Waals surface area contributed by atoms with Crippen LogP contribution in [0.25, 0.3) is 0 Å². The number of aliphatic hydroxyl groups is 19. The van der Waals surface area contributed by atoms with Crippen molar-refractivity contribution in [2.24, 2.45) is 50.2 Å². The van der Waals surface area contributed by atoms with E-state index in [1.165, 1.54) is 41.5 Å². The van der Waals surface area contributed by atoms with Gasteiger partial charge in [0.05, 0.1) is 88.4 Å². The maximum atomic E-state index is 16.1. The first-order valence-electron chi connectivity index (χ1n) is 40.1. The lowest BCUT2D eigenvalue weighted by atomic mass is 9.33. The lowest BCUT2D eigenvalue weighted by Crippen LogP contribution is -2.71. The Morgan fingerprint density at radius 2 is 1.00 bits per heavy atom. The van der Waals surface area contributed by atoms with Gasteiger partial charge in [0, 0.05) is 5.41 Å². The molecule has 0 aromatic rings. The van der Waals surface area contributed by atoms with Crippen molar-refractivity contribution in [3.8, 4) is 0 Å². The van der Waals surface area contributed by atoms with Crippen LogP contribution in [-0.4, -0.2) is 362 Å². The number of hydrogen-bond donors (Lipinski definition) is 19. The fourth-order valence-electron chi connectivity index (χ4n) is 21.0. The molecule has 5 aliphatic carbocycles. The number of allylic oxidation sites excluding steroid dienone is 2. The summed E-state index contributed by atoms with van der Waals surface area (Å²) in [5.74, 6) is -5.13. The number of esters is 4. The van der Waals surface area contributed by atoms with Crippen molar-refractivity contribution in [3.63, 3.8) is 0 Å². The van der Waals surface area contributed by atoms with Gasteiger partial charge >= 0.3 is 23.9 Å². The zero-order valence-corrected chi connectivity index (χ0v) is 66.9. The molecular weight excluding hydrogens is 1530 g/mol. The first-order chi connectivity index (χ1) is 53.8. The molecule has 0 aromatic heterocycles. The first-order valence-corrected chi connectivity index (χ1v) is 40.1. The second kappa shape index (κ2) is 35.7. The van der Waals surface area contributed by atoms with Gasteiger partial charge < -0.3 is 168 Å². The van der Waals surface area contributed by atoms with Crippen molar-refractivity contribution in [1.29, 1.82) is 0 Å². The summed E-state index contributed by atoms with van der Waals surface area (Å²) in [5.41, 5.74) is -5.10. The Labute approximate surface area is 665 Å². The van der Waals surface area contributed by atoms with E-state index in [-0.39, 0.29) is 31.6 Å². The summed E-state index contributed by atoms with van der Waals surface area (Å²) in [7, 11) is 0. The quantitative estimate of drug-likeness (QED) is 0.0187. The lowest BCUT2D eigenvalue weighted by molar-refractivity contribution is -0.380. The Morgan fingerprint density at radius 3 is 1.62 bits per heavy atom. The lowest BCUT2D eigenvalue weighted by Gasteiger charge is -2.72. The number of fused-ring (bicyclic) bond motifs is 7. The summed E-state index contributed by atoms with van der Waals surface area (Å²) in [6.07, 6.45) is -55.1. The Kier molecular flexibility index (Phi) is 28.6. The van der Waals surface area contributed by atoms with E-state index in [0.29, 0.717) is 32.1 Å². The SMILES string of the molecule is CC(O)CC(=O)OC(C)CC(=O)OC(C)CC(=O)O[C@@H]1[C@H](O)[C@@H](O[C@@H]2O[C@@H](C)[C@H](O[C@@H]3OC[C@@H](O)[C@H](O[C@@H]4O[C@@H](C)[C@H](O)[C@@H](O)[C@H]4O)[C@H]3O)[C@@H](O)[C@H]2O)[C@H](OC(=O)[C@]23CCC(C)(C)C[C@H]2C2=CC[C@@H]4[C@@]5(C)C[C@H](O)[C@H](O[C@@H]6O[C@H](CO)[C@@H](O)[C@H](O[C@@H]7O[C@H](CO)[C@@H](O)[C@H](O)[C@H]7O)[C@H]6O)[C@@](C)(CO)[C@@H]5CC[C@@]4(C)[C@]2(C)C[C@@H]3O)O[C@@H]1C. The average molecular weight is 1660 g/mol. The van der Waals surface area contributed by atoms with E-state index < -0.39 is 322 Å². The minimum absolute atomic E-state index is 0.0111. The van der Waals surface area contributed by atoms with Crippen LogP contribution in [0.2, 0.25) is 0 Å². The van der Waals surface area contributed by atoms with E-state index in [4.69, 9.17) is 71.1 Å². The predicted molar refractivity (Wildman–Crippen MR) is 383 cm³/mol. The summed E-state index contributed by atoms with van der Waals surface area (Å²) in [4.78, 5) is 55.2. The third-order valence-corrected chi connectivity index (χ3v) is 27.5. The number of ether oxygens (including phenoxy) is 15. The van der Waals surface area contributed by atoms with Gasteiger partial charge in [0.2, 0.25) is 6.29 Å². The molecular formula is C77H124O38. The standard InChI is InChI=1S/C77H124O38/c1-29(81)19-44(85)102-30(2)20-45(86)103-31(3)21-46(87)109-60-34(6)106-70(63(56(60)97)113-67-55(96)52(93)59(33(5)105-67)110-65-57(98)61(38(83)27-101-65)111-66-53(94)50(91)47(88)32(4)104-66)115-71(100)77-18-17-72(7,8)22-36(77)35-13-14-42-73(9)23-37(82)64(74(10,28-80)41(73)15-16-75(42,11)76(35,12)24-43(77)84)114-69-58(99)62(49(90)40(26-79)108-69)112-68-54(95)51(92)48(89)39(25-78)107-68/h13,29-34,36-43,47-70,78-84,88-99H,14-28H2,1-12H3/t29?,30?,31?,32-,33-,34+,36-,37-,38+,39+,40+,41+,42+,43-,47-,48+,49+,50+,51-,52-,53+,54+,55+,56-,57+,58+,59-,60-,61-,62-,63+,64-,65-,66-,67-,68-,69-,70-,73-,74-,75+,76+,77+/m0/s1. The molecule has 0 radical (unpaired) electrons. The van der Waals surface area contributed by atoms with Gasteiger partial charge in [-0.15, -0.1) is 0 Å². The fraction of sp³-hybridized carbons (Fsp3) is 0.922. The molecule has 6 saturated heterocycles. The van der Waals surface area contributed by atoms with Crippen molar-refractivity contribution >= 4 is 23.9 Å². The molecule has 4 saturated carbocycles. The maximum Gasteiger partial charge on any atom is 0.317 e.